The number of fused-ring (bicyclic) bond motifs is 9. The van der Waals surface area contributed by atoms with Gasteiger partial charge in [0.15, 0.2) is 5.82 Å². The molecule has 0 aliphatic carbocycles. The van der Waals surface area contributed by atoms with Gasteiger partial charge in [0.05, 0.1) is 91.9 Å². The highest BCUT2D eigenvalue weighted by molar-refractivity contribution is 9.10. The van der Waals surface area contributed by atoms with Gasteiger partial charge in [-0.15, -0.1) is 0 Å². The monoisotopic (exact) mass is 1340 g/mol. The molecular formula is C54H56Br2F6N16O9. The van der Waals surface area contributed by atoms with Gasteiger partial charge in [0.1, 0.15) is 33.3 Å². The van der Waals surface area contributed by atoms with Gasteiger partial charge >= 0.3 is 24.3 Å². The maximum Gasteiger partial charge on any atom is 0.419 e. The van der Waals surface area contributed by atoms with E-state index in [0.29, 0.717) is 104 Å². The van der Waals surface area contributed by atoms with E-state index in [1.54, 1.807) is 44.9 Å². The number of benzene rings is 2. The lowest BCUT2D eigenvalue weighted by atomic mass is 9.99. The first-order valence-electron chi connectivity index (χ1n) is 27.1. The molecule has 462 valence electrons. The van der Waals surface area contributed by atoms with Crippen LogP contribution in [0.25, 0.3) is 0 Å². The topological polar surface area (TPSA) is 252 Å². The van der Waals surface area contributed by atoms with Crippen molar-refractivity contribution in [3.63, 3.8) is 0 Å². The Morgan fingerprint density at radius 3 is 1.33 bits per heavy atom. The summed E-state index contributed by atoms with van der Waals surface area (Å²) in [5.74, 6) is -3.44. The molecule has 0 unspecified atom stereocenters. The van der Waals surface area contributed by atoms with Crippen molar-refractivity contribution in [2.24, 2.45) is 0 Å². The van der Waals surface area contributed by atoms with Crippen LogP contribution in [0.2, 0.25) is 0 Å². The van der Waals surface area contributed by atoms with Crippen LogP contribution >= 0.6 is 31.9 Å². The van der Waals surface area contributed by atoms with E-state index in [2.05, 4.69) is 68.1 Å². The Bertz CT molecular complexity index is 3730. The Kier molecular flexibility index (Phi) is 17.7. The second kappa shape index (κ2) is 24.9. The molecule has 6 aliphatic rings. The zero-order valence-electron chi connectivity index (χ0n) is 47.3. The molecular weight excluding hydrogens is 1290 g/mol. The largest absolute Gasteiger partial charge is 0.419 e. The number of carbonyl (C=O) groups is 6. The average molecular weight is 1350 g/mol. The first-order chi connectivity index (χ1) is 41.3. The first-order valence-corrected chi connectivity index (χ1v) is 28.7. The van der Waals surface area contributed by atoms with Gasteiger partial charge in [-0.25, -0.2) is 47.7 Å². The molecule has 33 heteroatoms. The Morgan fingerprint density at radius 2 is 0.943 bits per heavy atom. The van der Waals surface area contributed by atoms with Crippen LogP contribution in [-0.4, -0.2) is 159 Å². The van der Waals surface area contributed by atoms with E-state index in [-0.39, 0.29) is 82.7 Å². The van der Waals surface area contributed by atoms with Gasteiger partial charge in [0.25, 0.3) is 17.7 Å². The summed E-state index contributed by atoms with van der Waals surface area (Å²) in [4.78, 5) is 101. The van der Waals surface area contributed by atoms with Gasteiger partial charge in [-0.1, -0.05) is 0 Å². The van der Waals surface area contributed by atoms with Crippen LogP contribution in [0.5, 0.6) is 0 Å². The van der Waals surface area contributed by atoms with E-state index in [0.717, 1.165) is 28.1 Å². The molecule has 2 aromatic carbocycles. The number of pyridine rings is 1. The maximum atomic E-state index is 14.2. The van der Waals surface area contributed by atoms with E-state index in [1.807, 2.05) is 13.8 Å². The van der Waals surface area contributed by atoms with Gasteiger partial charge < -0.3 is 30.7 Å². The lowest BCUT2D eigenvalue weighted by molar-refractivity contribution is -0.139. The van der Waals surface area contributed by atoms with Crippen LogP contribution in [0.3, 0.4) is 0 Å². The molecule has 25 nitrogen and oxygen atoms in total. The van der Waals surface area contributed by atoms with Crippen molar-refractivity contribution in [3.05, 3.63) is 132 Å². The number of carbonyl (C=O) groups excluding carboxylic acids is 6. The molecule has 0 fully saturated rings. The molecule has 0 bridgehead atoms. The normalized spacial score (nSPS) is 19.1. The number of urea groups is 3. The molecule has 3 atom stereocenters. The third-order valence-electron chi connectivity index (χ3n) is 15.2. The summed E-state index contributed by atoms with van der Waals surface area (Å²) < 4.78 is 85.1. The number of hydroxylamine groups is 6. The van der Waals surface area contributed by atoms with Gasteiger partial charge in [0.2, 0.25) is 0 Å². The number of halogens is 8. The standard InChI is InChI=1S/C19H19F4N5O3.C18H19BrFN5O3.C17H18BrFN6O3/c1-10-7-15-12(16-17(29)26(2)31-6-5-28(16)25-15)9-27(10)18(30)24-11-3-4-14(20)13(8-11)19(21,22)23;1-10-7-15-12(16-17(26)23(2)28-6-5-25(16)22-15)9-24(10)18(27)21-11-3-4-14(20)13(19)8-11;1-9-7-12-10(14-16(26)23(2)28-6-5-25(14)22-12)8-24(9)17(27)21-11-3-4-20-15(18)13(11)19/h3-4,8,10H,5-7,9H2,1-2H3,(H,24,30);3-4,8,10H,5-7,9H2,1-2H3,(H,21,27);3-4,9H,5-8H2,1-2H3,(H,20,21,27)/t2*10-;9-/m111/s1. The quantitative estimate of drug-likeness (QED) is 0.112. The summed E-state index contributed by atoms with van der Waals surface area (Å²) in [5.41, 5.74) is 4.42. The number of hydrogen-bond acceptors (Lipinski definition) is 13. The molecule has 9 amide bonds. The van der Waals surface area contributed by atoms with E-state index in [9.17, 15) is 55.1 Å². The molecule has 4 aromatic heterocycles. The lowest BCUT2D eigenvalue weighted by Gasteiger charge is -2.33. The average Bonchev–Trinajstić information content (AvgIpc) is 1.78. The van der Waals surface area contributed by atoms with Gasteiger partial charge in [-0.05, 0) is 95.1 Å². The Morgan fingerprint density at radius 1 is 0.563 bits per heavy atom. The minimum atomic E-state index is -4.89. The van der Waals surface area contributed by atoms with Crippen molar-refractivity contribution in [3.8, 4) is 0 Å². The molecule has 6 aromatic rings. The molecule has 12 rings (SSSR count). The fourth-order valence-corrected chi connectivity index (χ4v) is 11.4. The van der Waals surface area contributed by atoms with Crippen molar-refractivity contribution in [2.75, 3.05) is 56.9 Å². The molecule has 3 N–H and O–H groups in total. The summed E-state index contributed by atoms with van der Waals surface area (Å²) in [6, 6.07) is 5.92. The number of hydrogen-bond donors (Lipinski definition) is 3. The number of alkyl halides is 3. The third-order valence-corrected chi connectivity index (χ3v) is 16.4. The molecule has 0 radical (unpaired) electrons. The highest BCUT2D eigenvalue weighted by Gasteiger charge is 2.40. The molecule has 0 saturated heterocycles. The summed E-state index contributed by atoms with van der Waals surface area (Å²) in [5, 5.41) is 24.9. The fraction of sp³-hybridized carbons (Fsp3) is 0.407. The second-order valence-corrected chi connectivity index (χ2v) is 22.6. The highest BCUT2D eigenvalue weighted by atomic mass is 79.9. The van der Waals surface area contributed by atoms with Crippen molar-refractivity contribution in [1.29, 1.82) is 0 Å². The van der Waals surface area contributed by atoms with Crippen LogP contribution in [0.15, 0.2) is 57.7 Å². The van der Waals surface area contributed by atoms with Crippen molar-refractivity contribution < 1.29 is 69.6 Å². The predicted molar refractivity (Wildman–Crippen MR) is 301 cm³/mol. The number of rotatable bonds is 3. The first kappa shape index (κ1) is 61.9. The molecule has 0 saturated carbocycles. The highest BCUT2D eigenvalue weighted by Crippen LogP contribution is 2.35. The van der Waals surface area contributed by atoms with E-state index >= 15 is 0 Å². The number of amides is 9. The molecule has 0 spiro atoms. The van der Waals surface area contributed by atoms with Gasteiger partial charge in [-0.2, -0.15) is 28.5 Å². The molecule has 87 heavy (non-hydrogen) atoms. The minimum Gasteiger partial charge on any atom is -0.317 e. The SMILES string of the molecule is C[C@@H]1Cc2nn3c(c2CN1C(=O)Nc1ccc(F)c(Br)c1)C(=O)N(C)OCC3.C[C@@H]1Cc2nn3c(c2CN1C(=O)Nc1ccc(F)c(C(F)(F)F)c1)C(=O)N(C)OCC3.C[C@@H]1Cc2nn3c(c2CN1C(=O)Nc1ccnc(Br)c1F)C(=O)N(C)OCC3. The van der Waals surface area contributed by atoms with Crippen LogP contribution < -0.4 is 16.0 Å². The van der Waals surface area contributed by atoms with Gasteiger partial charge in [-0.3, -0.25) is 42.9 Å². The third kappa shape index (κ3) is 12.7. The zero-order chi connectivity index (χ0) is 62.5. The predicted octanol–water partition coefficient (Wildman–Crippen LogP) is 7.99. The fourth-order valence-electron chi connectivity index (χ4n) is 10.7. The number of nitrogens with zero attached hydrogens (tertiary/aromatic N) is 13. The van der Waals surface area contributed by atoms with E-state index < -0.39 is 47.2 Å². The summed E-state index contributed by atoms with van der Waals surface area (Å²) in [7, 11) is 4.61. The van der Waals surface area contributed by atoms with Crippen molar-refractivity contribution in [2.45, 2.75) is 104 Å². The van der Waals surface area contributed by atoms with Crippen LogP contribution in [0.1, 0.15) is 91.6 Å². The van der Waals surface area contributed by atoms with Crippen molar-refractivity contribution >= 4 is 84.7 Å². The Labute approximate surface area is 508 Å². The van der Waals surface area contributed by atoms with Crippen molar-refractivity contribution in [1.82, 2.24) is 64.2 Å². The molecule has 10 heterocycles. The number of aromatic nitrogens is 7. The summed E-state index contributed by atoms with van der Waals surface area (Å²) in [6.45, 7) is 8.37. The zero-order valence-corrected chi connectivity index (χ0v) is 50.5. The summed E-state index contributed by atoms with van der Waals surface area (Å²) in [6.07, 6.45) is -2.07. The number of anilines is 3. The molecule has 6 aliphatic heterocycles. The summed E-state index contributed by atoms with van der Waals surface area (Å²) >= 11 is 6.12. The minimum absolute atomic E-state index is 0.0230. The Balaban J connectivity index is 0.000000145. The van der Waals surface area contributed by atoms with Gasteiger partial charge in [0, 0.05) is 92.8 Å². The van der Waals surface area contributed by atoms with Crippen LogP contribution in [-0.2, 0) is 79.2 Å². The Hall–Kier alpha value is -8.14. The number of nitrogens with one attached hydrogen (secondary N) is 3. The smallest absolute Gasteiger partial charge is 0.317 e. The van der Waals surface area contributed by atoms with E-state index in [1.165, 1.54) is 52.5 Å². The van der Waals surface area contributed by atoms with E-state index in [4.69, 9.17) is 14.5 Å². The maximum absolute atomic E-state index is 14.2. The second-order valence-electron chi connectivity index (χ2n) is 21.0. The lowest BCUT2D eigenvalue weighted by Crippen LogP contribution is -2.45. The van der Waals surface area contributed by atoms with Crippen LogP contribution in [0.4, 0.5) is 57.8 Å². The van der Waals surface area contributed by atoms with Crippen LogP contribution in [0, 0.1) is 17.5 Å².